The molecule has 0 fully saturated rings. The van der Waals surface area contributed by atoms with Gasteiger partial charge in [-0.2, -0.15) is 4.52 Å². The zero-order valence-electron chi connectivity index (χ0n) is 3.98. The zero-order valence-corrected chi connectivity index (χ0v) is 3.98. The van der Waals surface area contributed by atoms with Crippen molar-refractivity contribution in [2.24, 2.45) is 0 Å². The third-order valence-corrected chi connectivity index (χ3v) is 0.918. The Hall–Kier alpha value is -1.32. The van der Waals surface area contributed by atoms with Gasteiger partial charge in [0, 0.05) is 0 Å². The van der Waals surface area contributed by atoms with Crippen LogP contribution in [0.3, 0.4) is 0 Å². The second-order valence-electron chi connectivity index (χ2n) is 1.39. The summed E-state index contributed by atoms with van der Waals surface area (Å²) >= 11 is 0. The summed E-state index contributed by atoms with van der Waals surface area (Å²) in [6.07, 6.45) is 4.70. The molecule has 2 heterocycles. The van der Waals surface area contributed by atoms with Gasteiger partial charge in [0.1, 0.15) is 0 Å². The molecule has 0 N–H and O–H groups in total. The highest BCUT2D eigenvalue weighted by Gasteiger charge is 1.91. The van der Waals surface area contributed by atoms with E-state index in [4.69, 9.17) is 4.42 Å². The van der Waals surface area contributed by atoms with Gasteiger partial charge in [0.05, 0.1) is 12.4 Å². The molecular formula is C4H3N3O. The van der Waals surface area contributed by atoms with Gasteiger partial charge in [0.15, 0.2) is 0 Å². The van der Waals surface area contributed by atoms with Crippen LogP contribution in [0, 0.1) is 0 Å². The molecule has 4 nitrogen and oxygen atoms in total. The number of hydrogen-bond donors (Lipinski definition) is 0. The average Bonchev–Trinajstić information content (AvgIpc) is 2.15. The Balaban J connectivity index is 3.06. The first-order valence-corrected chi connectivity index (χ1v) is 2.19. The second kappa shape index (κ2) is 1.09. The first-order valence-electron chi connectivity index (χ1n) is 2.19. The molecule has 4 heteroatoms. The molecule has 0 unspecified atom stereocenters. The topological polar surface area (TPSA) is 43.3 Å². The van der Waals surface area contributed by atoms with Gasteiger partial charge in [-0.3, -0.25) is 0 Å². The summed E-state index contributed by atoms with van der Waals surface area (Å²) in [6, 6.07) is 0. The molecule has 0 aromatic carbocycles. The first kappa shape index (κ1) is 3.65. The number of hydrogen-bond acceptors (Lipinski definition) is 3. The molecule has 0 saturated heterocycles. The van der Waals surface area contributed by atoms with Gasteiger partial charge in [-0.05, 0) is 0 Å². The van der Waals surface area contributed by atoms with Gasteiger partial charge in [-0.25, -0.2) is 4.98 Å². The SMILES string of the molecule is c1cn2ncoc2n1. The van der Waals surface area contributed by atoms with E-state index in [9.17, 15) is 0 Å². The Bertz CT molecular complexity index is 233. The van der Waals surface area contributed by atoms with E-state index in [0.717, 1.165) is 0 Å². The van der Waals surface area contributed by atoms with Crippen LogP contribution in [0.25, 0.3) is 5.84 Å². The monoisotopic (exact) mass is 109 g/mol. The summed E-state index contributed by atoms with van der Waals surface area (Å²) in [4.78, 5) is 3.81. The van der Waals surface area contributed by atoms with Crippen molar-refractivity contribution in [1.29, 1.82) is 0 Å². The largest absolute Gasteiger partial charge is 0.410 e. The van der Waals surface area contributed by atoms with Crippen molar-refractivity contribution in [3.8, 4) is 0 Å². The van der Waals surface area contributed by atoms with E-state index in [-0.39, 0.29) is 0 Å². The molecule has 8 heavy (non-hydrogen) atoms. The van der Waals surface area contributed by atoms with Crippen LogP contribution in [0.4, 0.5) is 0 Å². The maximum Gasteiger partial charge on any atom is 0.324 e. The molecule has 2 rings (SSSR count). The molecule has 0 saturated carbocycles. The Morgan fingerprint density at radius 3 is 3.50 bits per heavy atom. The molecule has 40 valence electrons. The van der Waals surface area contributed by atoms with Gasteiger partial charge >= 0.3 is 5.84 Å². The van der Waals surface area contributed by atoms with E-state index >= 15 is 0 Å². The third-order valence-electron chi connectivity index (χ3n) is 0.918. The Morgan fingerprint density at radius 1 is 1.62 bits per heavy atom. The van der Waals surface area contributed by atoms with Gasteiger partial charge in [0.25, 0.3) is 0 Å². The average molecular weight is 109 g/mol. The van der Waals surface area contributed by atoms with Crippen molar-refractivity contribution in [2.45, 2.75) is 0 Å². The van der Waals surface area contributed by atoms with E-state index in [2.05, 4.69) is 10.1 Å². The fraction of sp³-hybridized carbons (Fsp3) is 0. The smallest absolute Gasteiger partial charge is 0.324 e. The molecule has 2 aromatic rings. The fourth-order valence-corrected chi connectivity index (χ4v) is 0.577. The van der Waals surface area contributed by atoms with Crippen LogP contribution in [0.1, 0.15) is 0 Å². The summed E-state index contributed by atoms with van der Waals surface area (Å²) < 4.78 is 6.35. The van der Waals surface area contributed by atoms with Crippen molar-refractivity contribution in [1.82, 2.24) is 14.6 Å². The highest BCUT2D eigenvalue weighted by atomic mass is 16.4. The van der Waals surface area contributed by atoms with Crippen molar-refractivity contribution in [3.05, 3.63) is 18.8 Å². The lowest BCUT2D eigenvalue weighted by atomic mass is 11.0. The van der Waals surface area contributed by atoms with Gasteiger partial charge < -0.3 is 4.42 Å². The second-order valence-corrected chi connectivity index (χ2v) is 1.39. The van der Waals surface area contributed by atoms with Gasteiger partial charge in [0.2, 0.25) is 6.39 Å². The molecular weight excluding hydrogens is 106 g/mol. The van der Waals surface area contributed by atoms with Crippen LogP contribution in [0.15, 0.2) is 23.2 Å². The molecule has 0 aliphatic rings. The maximum atomic E-state index is 4.80. The first-order chi connectivity index (χ1) is 3.97. The summed E-state index contributed by atoms with van der Waals surface area (Å²) in [7, 11) is 0. The van der Waals surface area contributed by atoms with E-state index in [1.807, 2.05) is 0 Å². The minimum Gasteiger partial charge on any atom is -0.410 e. The predicted molar refractivity (Wildman–Crippen MR) is 25.3 cm³/mol. The lowest BCUT2D eigenvalue weighted by Crippen LogP contribution is -1.75. The van der Waals surface area contributed by atoms with Crippen molar-refractivity contribution < 1.29 is 4.42 Å². The van der Waals surface area contributed by atoms with Crippen molar-refractivity contribution in [3.63, 3.8) is 0 Å². The van der Waals surface area contributed by atoms with Crippen LogP contribution in [0.2, 0.25) is 0 Å². The molecule has 0 radical (unpaired) electrons. The molecule has 0 bridgehead atoms. The van der Waals surface area contributed by atoms with Gasteiger partial charge in [-0.1, -0.05) is 0 Å². The van der Waals surface area contributed by atoms with Crippen LogP contribution < -0.4 is 0 Å². The number of imidazole rings is 1. The van der Waals surface area contributed by atoms with Gasteiger partial charge in [-0.15, -0.1) is 5.10 Å². The predicted octanol–water partition coefficient (Wildman–Crippen LogP) is 0.322. The molecule has 0 aliphatic heterocycles. The Kier molecular flexibility index (Phi) is 0.498. The third kappa shape index (κ3) is 0.294. The van der Waals surface area contributed by atoms with Crippen LogP contribution in [-0.2, 0) is 0 Å². The van der Waals surface area contributed by atoms with E-state index < -0.39 is 0 Å². The van der Waals surface area contributed by atoms with Crippen LogP contribution >= 0.6 is 0 Å². The van der Waals surface area contributed by atoms with Crippen LogP contribution in [-0.4, -0.2) is 14.6 Å². The summed E-state index contributed by atoms with van der Waals surface area (Å²) in [5, 5.41) is 3.77. The van der Waals surface area contributed by atoms with E-state index in [1.54, 1.807) is 16.9 Å². The number of fused-ring (bicyclic) bond motifs is 1. The fourth-order valence-electron chi connectivity index (χ4n) is 0.577. The zero-order chi connectivity index (χ0) is 5.40. The molecule has 0 amide bonds. The molecule has 0 atom stereocenters. The lowest BCUT2D eigenvalue weighted by molar-refractivity contribution is 0.589. The van der Waals surface area contributed by atoms with Crippen molar-refractivity contribution >= 4 is 5.84 Å². The van der Waals surface area contributed by atoms with E-state index in [0.29, 0.717) is 5.84 Å². The minimum atomic E-state index is 0.532. The van der Waals surface area contributed by atoms with Crippen molar-refractivity contribution in [2.75, 3.05) is 0 Å². The number of aromatic nitrogens is 3. The lowest BCUT2D eigenvalue weighted by Gasteiger charge is -1.67. The summed E-state index contributed by atoms with van der Waals surface area (Å²) in [6.45, 7) is 0. The number of rotatable bonds is 0. The summed E-state index contributed by atoms with van der Waals surface area (Å²) in [5.74, 6) is 0.532. The standard InChI is InChI=1S/C4H3N3O/c1-2-7-4(5-1)8-3-6-7/h1-3H. The Labute approximate surface area is 44.8 Å². The molecule has 0 aliphatic carbocycles. The number of nitrogens with zero attached hydrogens (tertiary/aromatic N) is 3. The highest BCUT2D eigenvalue weighted by Crippen LogP contribution is 1.93. The minimum absolute atomic E-state index is 0.532. The Morgan fingerprint density at radius 2 is 2.62 bits per heavy atom. The quantitative estimate of drug-likeness (QED) is 0.489. The normalized spacial score (nSPS) is 10.5. The molecule has 2 aromatic heterocycles. The summed E-state index contributed by atoms with van der Waals surface area (Å²) in [5.41, 5.74) is 0. The van der Waals surface area contributed by atoms with E-state index in [1.165, 1.54) is 6.39 Å². The highest BCUT2D eigenvalue weighted by molar-refractivity contribution is 5.17. The molecule has 0 spiro atoms. The maximum absolute atomic E-state index is 4.80. The van der Waals surface area contributed by atoms with Crippen LogP contribution in [0.5, 0.6) is 0 Å².